The van der Waals surface area contributed by atoms with Crippen LogP contribution in [0.2, 0.25) is 0 Å². The molecule has 1 N–H and O–H groups in total. The quantitative estimate of drug-likeness (QED) is 0.721. The predicted molar refractivity (Wildman–Crippen MR) is 82.8 cm³/mol. The second-order valence-corrected chi connectivity index (χ2v) is 5.27. The number of nitrogens with zero attached hydrogens (tertiary/aromatic N) is 7. The molecule has 0 amide bonds. The van der Waals surface area contributed by atoms with Crippen LogP contribution in [0.3, 0.4) is 0 Å². The summed E-state index contributed by atoms with van der Waals surface area (Å²) in [5.74, 6) is 1.93. The standard InChI is InChI=1S/C12H20N8S/c1-4-19(5-2)6-7-21-12-17-10(13-3)16-11(18-12)20-9-14-8-15-20/h8-9H,4-7H2,1-3H3,(H,13,16,17,18). The van der Waals surface area contributed by atoms with Crippen molar-refractivity contribution in [2.45, 2.75) is 19.0 Å². The van der Waals surface area contributed by atoms with Crippen molar-refractivity contribution >= 4 is 17.7 Å². The molecule has 0 aliphatic heterocycles. The molecule has 0 saturated heterocycles. The minimum Gasteiger partial charge on any atom is -0.357 e. The first kappa shape index (κ1) is 15.6. The van der Waals surface area contributed by atoms with Crippen LogP contribution in [0, 0.1) is 0 Å². The summed E-state index contributed by atoms with van der Waals surface area (Å²) < 4.78 is 1.52. The van der Waals surface area contributed by atoms with Crippen molar-refractivity contribution in [3.8, 4) is 5.95 Å². The minimum atomic E-state index is 0.470. The summed E-state index contributed by atoms with van der Waals surface area (Å²) in [6, 6.07) is 0. The first-order chi connectivity index (χ1) is 10.3. The molecule has 0 radical (unpaired) electrons. The van der Waals surface area contributed by atoms with Crippen molar-refractivity contribution in [2.24, 2.45) is 0 Å². The molecule has 0 bridgehead atoms. The van der Waals surface area contributed by atoms with E-state index in [2.05, 4.69) is 49.1 Å². The normalized spacial score (nSPS) is 11.0. The highest BCUT2D eigenvalue weighted by Crippen LogP contribution is 2.15. The summed E-state index contributed by atoms with van der Waals surface area (Å²) in [6.45, 7) is 7.45. The monoisotopic (exact) mass is 308 g/mol. The third kappa shape index (κ3) is 4.36. The Morgan fingerprint density at radius 1 is 1.24 bits per heavy atom. The van der Waals surface area contributed by atoms with Gasteiger partial charge in [0, 0.05) is 19.3 Å². The maximum absolute atomic E-state index is 4.42. The third-order valence-electron chi connectivity index (χ3n) is 2.98. The second-order valence-electron chi connectivity index (χ2n) is 4.21. The van der Waals surface area contributed by atoms with Crippen LogP contribution in [-0.4, -0.2) is 67.1 Å². The summed E-state index contributed by atoms with van der Waals surface area (Å²) in [4.78, 5) is 19.3. The van der Waals surface area contributed by atoms with Gasteiger partial charge in [-0.25, -0.2) is 4.98 Å². The molecule has 2 heterocycles. The lowest BCUT2D eigenvalue weighted by atomic mass is 10.5. The lowest BCUT2D eigenvalue weighted by Crippen LogP contribution is -2.25. The van der Waals surface area contributed by atoms with Crippen LogP contribution in [0.15, 0.2) is 17.8 Å². The fraction of sp³-hybridized carbons (Fsp3) is 0.583. The van der Waals surface area contributed by atoms with Crippen LogP contribution in [0.5, 0.6) is 0 Å². The summed E-state index contributed by atoms with van der Waals surface area (Å²) in [5, 5.41) is 7.68. The van der Waals surface area contributed by atoms with Gasteiger partial charge in [0.2, 0.25) is 5.95 Å². The van der Waals surface area contributed by atoms with Crippen molar-refractivity contribution in [2.75, 3.05) is 37.8 Å². The summed E-state index contributed by atoms with van der Waals surface area (Å²) in [6.07, 6.45) is 3.02. The zero-order valence-electron chi connectivity index (χ0n) is 12.5. The van der Waals surface area contributed by atoms with Crippen molar-refractivity contribution < 1.29 is 0 Å². The zero-order chi connectivity index (χ0) is 15.1. The number of hydrogen-bond acceptors (Lipinski definition) is 8. The maximum atomic E-state index is 4.42. The number of hydrogen-bond donors (Lipinski definition) is 1. The number of nitrogens with one attached hydrogen (secondary N) is 1. The van der Waals surface area contributed by atoms with E-state index >= 15 is 0 Å². The molecule has 0 saturated carbocycles. The Morgan fingerprint density at radius 3 is 2.67 bits per heavy atom. The van der Waals surface area contributed by atoms with Gasteiger partial charge in [-0.3, -0.25) is 0 Å². The van der Waals surface area contributed by atoms with E-state index in [4.69, 9.17) is 0 Å². The topological polar surface area (TPSA) is 84.7 Å². The largest absolute Gasteiger partial charge is 0.357 e. The Kier molecular flexibility index (Phi) is 5.88. The van der Waals surface area contributed by atoms with Crippen molar-refractivity contribution in [3.05, 3.63) is 12.7 Å². The second kappa shape index (κ2) is 7.89. The van der Waals surface area contributed by atoms with Gasteiger partial charge in [0.25, 0.3) is 5.95 Å². The van der Waals surface area contributed by atoms with E-state index in [0.717, 1.165) is 25.4 Å². The van der Waals surface area contributed by atoms with E-state index in [-0.39, 0.29) is 0 Å². The van der Waals surface area contributed by atoms with Gasteiger partial charge in [-0.2, -0.15) is 24.7 Å². The molecule has 2 aromatic rings. The smallest absolute Gasteiger partial charge is 0.257 e. The van der Waals surface area contributed by atoms with E-state index in [1.54, 1.807) is 25.1 Å². The Balaban J connectivity index is 2.07. The van der Waals surface area contributed by atoms with Crippen molar-refractivity contribution in [1.82, 2.24) is 34.6 Å². The molecule has 0 aromatic carbocycles. The highest BCUT2D eigenvalue weighted by molar-refractivity contribution is 7.99. The average Bonchev–Trinajstić information content (AvgIpc) is 3.05. The van der Waals surface area contributed by atoms with Crippen LogP contribution in [0.25, 0.3) is 5.95 Å². The van der Waals surface area contributed by atoms with Crippen LogP contribution in [0.4, 0.5) is 5.95 Å². The lowest BCUT2D eigenvalue weighted by Gasteiger charge is -2.17. The predicted octanol–water partition coefficient (Wildman–Crippen LogP) is 0.928. The summed E-state index contributed by atoms with van der Waals surface area (Å²) in [7, 11) is 1.78. The molecule has 9 heteroatoms. The molecular formula is C12H20N8S. The molecule has 0 atom stereocenters. The zero-order valence-corrected chi connectivity index (χ0v) is 13.3. The number of aromatic nitrogens is 6. The number of anilines is 1. The van der Waals surface area contributed by atoms with Gasteiger partial charge in [0.05, 0.1) is 0 Å². The van der Waals surface area contributed by atoms with Gasteiger partial charge in [-0.15, -0.1) is 0 Å². The minimum absolute atomic E-state index is 0.470. The van der Waals surface area contributed by atoms with Crippen LogP contribution in [0.1, 0.15) is 13.8 Å². The third-order valence-corrected chi connectivity index (χ3v) is 3.81. The van der Waals surface area contributed by atoms with Crippen LogP contribution >= 0.6 is 11.8 Å². The maximum Gasteiger partial charge on any atom is 0.257 e. The van der Waals surface area contributed by atoms with Crippen LogP contribution in [-0.2, 0) is 0 Å². The molecule has 114 valence electrons. The highest BCUT2D eigenvalue weighted by atomic mass is 32.2. The molecule has 21 heavy (non-hydrogen) atoms. The van der Waals surface area contributed by atoms with E-state index in [0.29, 0.717) is 17.1 Å². The SMILES string of the molecule is CCN(CC)CCSc1nc(NC)nc(-n2cncn2)n1. The van der Waals surface area contributed by atoms with Gasteiger partial charge < -0.3 is 10.2 Å². The van der Waals surface area contributed by atoms with E-state index in [1.165, 1.54) is 11.0 Å². The average molecular weight is 308 g/mol. The van der Waals surface area contributed by atoms with Gasteiger partial charge in [-0.1, -0.05) is 25.6 Å². The van der Waals surface area contributed by atoms with Gasteiger partial charge >= 0.3 is 0 Å². The first-order valence-corrected chi connectivity index (χ1v) is 7.89. The Hall–Kier alpha value is -1.74. The van der Waals surface area contributed by atoms with Crippen LogP contribution < -0.4 is 5.32 Å². The molecule has 0 fully saturated rings. The molecule has 8 nitrogen and oxygen atoms in total. The fourth-order valence-electron chi connectivity index (χ4n) is 1.74. The van der Waals surface area contributed by atoms with E-state index < -0.39 is 0 Å². The van der Waals surface area contributed by atoms with Crippen molar-refractivity contribution in [1.29, 1.82) is 0 Å². The Labute approximate surface area is 128 Å². The summed E-state index contributed by atoms with van der Waals surface area (Å²) >= 11 is 1.62. The van der Waals surface area contributed by atoms with E-state index in [9.17, 15) is 0 Å². The molecule has 2 rings (SSSR count). The van der Waals surface area contributed by atoms with Crippen molar-refractivity contribution in [3.63, 3.8) is 0 Å². The molecule has 0 spiro atoms. The molecule has 2 aromatic heterocycles. The molecule has 0 aliphatic rings. The van der Waals surface area contributed by atoms with E-state index in [1.807, 2.05) is 0 Å². The number of thioether (sulfide) groups is 1. The van der Waals surface area contributed by atoms with Gasteiger partial charge in [0.15, 0.2) is 5.16 Å². The summed E-state index contributed by atoms with van der Waals surface area (Å²) in [5.41, 5.74) is 0. The Morgan fingerprint density at radius 2 is 2.05 bits per heavy atom. The van der Waals surface area contributed by atoms with Gasteiger partial charge in [-0.05, 0) is 13.1 Å². The first-order valence-electron chi connectivity index (χ1n) is 6.90. The highest BCUT2D eigenvalue weighted by Gasteiger charge is 2.09. The Bertz CT molecular complexity index is 540. The number of rotatable bonds is 8. The molecular weight excluding hydrogens is 288 g/mol. The molecule has 0 unspecified atom stereocenters. The lowest BCUT2D eigenvalue weighted by molar-refractivity contribution is 0.324. The van der Waals surface area contributed by atoms with Gasteiger partial charge in [0.1, 0.15) is 12.7 Å². The molecule has 0 aliphatic carbocycles. The fourth-order valence-corrected chi connectivity index (χ4v) is 2.57.